The predicted molar refractivity (Wildman–Crippen MR) is 76.2 cm³/mol. The van der Waals surface area contributed by atoms with Crippen molar-refractivity contribution in [2.45, 2.75) is 63.9 Å². The summed E-state index contributed by atoms with van der Waals surface area (Å²) in [7, 11) is -3.58. The first kappa shape index (κ1) is 16.0. The SMILES string of the molecule is CCCCC(C)NS(=O)(=O)c1cn(CCC)nc1N. The van der Waals surface area contributed by atoms with E-state index in [0.717, 1.165) is 25.7 Å². The molecule has 1 aromatic heterocycles. The Labute approximate surface area is 115 Å². The quantitative estimate of drug-likeness (QED) is 0.762. The molecule has 3 N–H and O–H groups in total. The summed E-state index contributed by atoms with van der Waals surface area (Å²) in [4.78, 5) is 0.0734. The van der Waals surface area contributed by atoms with Crippen LogP contribution in [0.1, 0.15) is 46.5 Å². The van der Waals surface area contributed by atoms with Crippen LogP contribution in [0.5, 0.6) is 0 Å². The van der Waals surface area contributed by atoms with E-state index < -0.39 is 10.0 Å². The van der Waals surface area contributed by atoms with E-state index in [0.29, 0.717) is 6.54 Å². The Morgan fingerprint density at radius 1 is 1.42 bits per heavy atom. The van der Waals surface area contributed by atoms with E-state index in [4.69, 9.17) is 5.73 Å². The Kier molecular flexibility index (Phi) is 5.81. The van der Waals surface area contributed by atoms with Crippen LogP contribution in [0.3, 0.4) is 0 Å². The number of rotatable bonds is 8. The first-order valence-corrected chi connectivity index (χ1v) is 8.24. The molecule has 1 heterocycles. The Morgan fingerprint density at radius 2 is 2.11 bits per heavy atom. The summed E-state index contributed by atoms with van der Waals surface area (Å²) in [5, 5.41) is 4.01. The number of nitrogens with zero attached hydrogens (tertiary/aromatic N) is 2. The Balaban J connectivity index is 2.82. The number of nitrogens with two attached hydrogens (primary N) is 1. The zero-order valence-electron chi connectivity index (χ0n) is 11.9. The summed E-state index contributed by atoms with van der Waals surface area (Å²) in [5.41, 5.74) is 5.68. The second-order valence-electron chi connectivity index (χ2n) is 4.81. The second kappa shape index (κ2) is 6.91. The van der Waals surface area contributed by atoms with Crippen molar-refractivity contribution in [3.8, 4) is 0 Å². The Morgan fingerprint density at radius 3 is 2.68 bits per heavy atom. The van der Waals surface area contributed by atoms with E-state index in [1.54, 1.807) is 4.68 Å². The van der Waals surface area contributed by atoms with E-state index in [1.165, 1.54) is 6.20 Å². The van der Waals surface area contributed by atoms with E-state index in [9.17, 15) is 8.42 Å². The number of hydrogen-bond acceptors (Lipinski definition) is 4. The molecule has 0 aliphatic heterocycles. The minimum Gasteiger partial charge on any atom is -0.381 e. The molecule has 1 rings (SSSR count). The largest absolute Gasteiger partial charge is 0.381 e. The number of nitrogens with one attached hydrogen (secondary N) is 1. The fraction of sp³-hybridized carbons (Fsp3) is 0.750. The van der Waals surface area contributed by atoms with Gasteiger partial charge in [0.2, 0.25) is 10.0 Å². The molecule has 7 heteroatoms. The molecular formula is C12H24N4O2S. The van der Waals surface area contributed by atoms with Gasteiger partial charge in [0.05, 0.1) is 0 Å². The van der Waals surface area contributed by atoms with Gasteiger partial charge in [-0.3, -0.25) is 4.68 Å². The van der Waals surface area contributed by atoms with Gasteiger partial charge in [-0.1, -0.05) is 26.7 Å². The highest BCUT2D eigenvalue weighted by Gasteiger charge is 2.22. The lowest BCUT2D eigenvalue weighted by Gasteiger charge is -2.12. The van der Waals surface area contributed by atoms with Crippen LogP contribution >= 0.6 is 0 Å². The van der Waals surface area contributed by atoms with Crippen LogP contribution in [0.2, 0.25) is 0 Å². The fourth-order valence-corrected chi connectivity index (χ4v) is 3.22. The van der Waals surface area contributed by atoms with Crippen LogP contribution in [-0.2, 0) is 16.6 Å². The van der Waals surface area contributed by atoms with E-state index in [2.05, 4.69) is 16.7 Å². The molecule has 0 fully saturated rings. The molecule has 0 aliphatic carbocycles. The maximum absolute atomic E-state index is 12.2. The van der Waals surface area contributed by atoms with Crippen molar-refractivity contribution in [1.82, 2.24) is 14.5 Å². The number of nitrogen functional groups attached to an aromatic ring is 1. The average molecular weight is 288 g/mol. The van der Waals surface area contributed by atoms with Gasteiger partial charge in [0, 0.05) is 18.8 Å². The highest BCUT2D eigenvalue weighted by molar-refractivity contribution is 7.89. The molecule has 0 saturated heterocycles. The summed E-state index contributed by atoms with van der Waals surface area (Å²) in [5.74, 6) is 0.0589. The van der Waals surface area contributed by atoms with Crippen LogP contribution in [0.4, 0.5) is 5.82 Å². The van der Waals surface area contributed by atoms with E-state index >= 15 is 0 Å². The maximum atomic E-state index is 12.2. The van der Waals surface area contributed by atoms with Crippen molar-refractivity contribution in [2.24, 2.45) is 0 Å². The number of aryl methyl sites for hydroxylation is 1. The minimum atomic E-state index is -3.58. The van der Waals surface area contributed by atoms with Crippen LogP contribution in [0.15, 0.2) is 11.1 Å². The van der Waals surface area contributed by atoms with Crippen molar-refractivity contribution < 1.29 is 8.42 Å². The molecule has 0 amide bonds. The van der Waals surface area contributed by atoms with Gasteiger partial charge >= 0.3 is 0 Å². The molecular weight excluding hydrogens is 264 g/mol. The monoisotopic (exact) mass is 288 g/mol. The Bertz CT molecular complexity index is 496. The normalized spacial score (nSPS) is 13.6. The van der Waals surface area contributed by atoms with Crippen LogP contribution < -0.4 is 10.5 Å². The molecule has 1 unspecified atom stereocenters. The number of aromatic nitrogens is 2. The fourth-order valence-electron chi connectivity index (χ4n) is 1.87. The van der Waals surface area contributed by atoms with Gasteiger partial charge in [0.15, 0.2) is 5.82 Å². The number of sulfonamides is 1. The summed E-state index contributed by atoms with van der Waals surface area (Å²) in [6.07, 6.45) is 5.23. The molecule has 110 valence electrons. The average Bonchev–Trinajstić information content (AvgIpc) is 2.68. The van der Waals surface area contributed by atoms with Gasteiger partial charge < -0.3 is 5.73 Å². The van der Waals surface area contributed by atoms with E-state index in [1.807, 2.05) is 13.8 Å². The van der Waals surface area contributed by atoms with Crippen LogP contribution in [-0.4, -0.2) is 24.2 Å². The summed E-state index contributed by atoms with van der Waals surface area (Å²) >= 11 is 0. The standard InChI is InChI=1S/C12H24N4O2S/c1-4-6-7-10(3)15-19(17,18)11-9-16(8-5-2)14-12(11)13/h9-10,15H,4-8H2,1-3H3,(H2,13,14). The third-order valence-corrected chi connectivity index (χ3v) is 4.45. The lowest BCUT2D eigenvalue weighted by molar-refractivity contribution is 0.534. The van der Waals surface area contributed by atoms with Crippen molar-refractivity contribution in [1.29, 1.82) is 0 Å². The van der Waals surface area contributed by atoms with Gasteiger partial charge in [0.25, 0.3) is 0 Å². The van der Waals surface area contributed by atoms with Gasteiger partial charge in [-0.05, 0) is 19.8 Å². The number of unbranched alkanes of at least 4 members (excludes halogenated alkanes) is 1. The van der Waals surface area contributed by atoms with Gasteiger partial charge in [-0.25, -0.2) is 13.1 Å². The van der Waals surface area contributed by atoms with Gasteiger partial charge in [-0.2, -0.15) is 5.10 Å². The van der Waals surface area contributed by atoms with Crippen molar-refractivity contribution >= 4 is 15.8 Å². The molecule has 0 aliphatic rings. The third kappa shape index (κ3) is 4.50. The first-order chi connectivity index (χ1) is 8.90. The smallest absolute Gasteiger partial charge is 0.246 e. The Hall–Kier alpha value is -1.08. The number of hydrogen-bond donors (Lipinski definition) is 2. The van der Waals surface area contributed by atoms with Gasteiger partial charge in [0.1, 0.15) is 4.90 Å². The summed E-state index contributed by atoms with van der Waals surface area (Å²) in [6, 6.07) is -0.0983. The van der Waals surface area contributed by atoms with Gasteiger partial charge in [-0.15, -0.1) is 0 Å². The summed E-state index contributed by atoms with van der Waals surface area (Å²) < 4.78 is 28.6. The third-order valence-electron chi connectivity index (χ3n) is 2.84. The predicted octanol–water partition coefficient (Wildman–Crippen LogP) is 1.73. The molecule has 0 spiro atoms. The molecule has 1 aromatic rings. The topological polar surface area (TPSA) is 90.0 Å². The number of anilines is 1. The first-order valence-electron chi connectivity index (χ1n) is 6.76. The highest BCUT2D eigenvalue weighted by Crippen LogP contribution is 2.17. The lowest BCUT2D eigenvalue weighted by atomic mass is 10.2. The summed E-state index contributed by atoms with van der Waals surface area (Å²) in [6.45, 7) is 6.59. The maximum Gasteiger partial charge on any atom is 0.246 e. The minimum absolute atomic E-state index is 0.0589. The van der Waals surface area contributed by atoms with E-state index in [-0.39, 0.29) is 16.8 Å². The van der Waals surface area contributed by atoms with Crippen molar-refractivity contribution in [3.05, 3.63) is 6.20 Å². The van der Waals surface area contributed by atoms with Crippen molar-refractivity contribution in [3.63, 3.8) is 0 Å². The highest BCUT2D eigenvalue weighted by atomic mass is 32.2. The molecule has 0 radical (unpaired) electrons. The van der Waals surface area contributed by atoms with Crippen LogP contribution in [0.25, 0.3) is 0 Å². The molecule has 6 nitrogen and oxygen atoms in total. The zero-order valence-corrected chi connectivity index (χ0v) is 12.7. The molecule has 19 heavy (non-hydrogen) atoms. The lowest BCUT2D eigenvalue weighted by Crippen LogP contribution is -2.32. The molecule has 0 saturated carbocycles. The molecule has 1 atom stereocenters. The molecule has 0 bridgehead atoms. The second-order valence-corrected chi connectivity index (χ2v) is 6.49. The zero-order chi connectivity index (χ0) is 14.5. The molecule has 0 aromatic carbocycles. The van der Waals surface area contributed by atoms with Crippen LogP contribution in [0, 0.1) is 0 Å². The van der Waals surface area contributed by atoms with Crippen molar-refractivity contribution in [2.75, 3.05) is 5.73 Å².